The first-order valence-electron chi connectivity index (χ1n) is 12.6. The second-order valence-corrected chi connectivity index (χ2v) is 11.2. The van der Waals surface area contributed by atoms with Crippen LogP contribution in [0.3, 0.4) is 0 Å². The largest absolute Gasteiger partial charge is 0.0955 e. The Labute approximate surface area is 183 Å². The van der Waals surface area contributed by atoms with E-state index in [1.165, 1.54) is 68.1 Å². The molecule has 6 unspecified atom stereocenters. The summed E-state index contributed by atoms with van der Waals surface area (Å²) in [6, 6.07) is 0. The zero-order valence-corrected chi connectivity index (χ0v) is 21.3. The molecule has 2 rings (SSSR count). The second kappa shape index (κ2) is 10.0. The van der Waals surface area contributed by atoms with E-state index in [0.717, 1.165) is 29.6 Å². The van der Waals surface area contributed by atoms with Crippen molar-refractivity contribution >= 4 is 0 Å². The molecule has 0 aromatic rings. The fourth-order valence-corrected chi connectivity index (χ4v) is 6.33. The minimum absolute atomic E-state index is 0.406. The molecule has 2 fully saturated rings. The van der Waals surface area contributed by atoms with E-state index in [4.69, 9.17) is 0 Å². The van der Waals surface area contributed by atoms with Gasteiger partial charge in [0.25, 0.3) is 0 Å². The van der Waals surface area contributed by atoms with Crippen LogP contribution in [-0.2, 0) is 0 Å². The zero-order valence-electron chi connectivity index (χ0n) is 21.3. The molecule has 2 aliphatic carbocycles. The fraction of sp³-hybridized carbons (Fsp3) is 0.793. The molecule has 2 saturated carbocycles. The third-order valence-corrected chi connectivity index (χ3v) is 9.08. The average molecular weight is 399 g/mol. The predicted octanol–water partition coefficient (Wildman–Crippen LogP) is 9.53. The number of unbranched alkanes of at least 4 members (excludes halogenated alkanes) is 1. The molecule has 0 saturated heterocycles. The van der Waals surface area contributed by atoms with Crippen LogP contribution in [-0.4, -0.2) is 0 Å². The van der Waals surface area contributed by atoms with E-state index in [2.05, 4.69) is 68.9 Å². The molecule has 29 heavy (non-hydrogen) atoms. The van der Waals surface area contributed by atoms with Crippen molar-refractivity contribution in [1.82, 2.24) is 0 Å². The highest BCUT2D eigenvalue weighted by Crippen LogP contribution is 2.57. The molecule has 0 radical (unpaired) electrons. The van der Waals surface area contributed by atoms with Crippen LogP contribution in [0.4, 0.5) is 0 Å². The van der Waals surface area contributed by atoms with Crippen LogP contribution < -0.4 is 0 Å². The lowest BCUT2D eigenvalue weighted by Gasteiger charge is -2.51. The zero-order chi connectivity index (χ0) is 21.9. The summed E-state index contributed by atoms with van der Waals surface area (Å²) in [6.45, 7) is 26.0. The third-order valence-electron chi connectivity index (χ3n) is 9.08. The molecule has 2 aliphatic rings. The van der Waals surface area contributed by atoms with Crippen LogP contribution in [0.25, 0.3) is 0 Å². The SMILES string of the molecule is C=C(C)C(=C(C)C)C(CC1CC(C(C)CC)C1C)=C(CCCC)C1(C)CCC1C. The van der Waals surface area contributed by atoms with Crippen molar-refractivity contribution in [3.8, 4) is 0 Å². The summed E-state index contributed by atoms with van der Waals surface area (Å²) in [7, 11) is 0. The van der Waals surface area contributed by atoms with E-state index >= 15 is 0 Å². The monoisotopic (exact) mass is 398 g/mol. The average Bonchev–Trinajstić information content (AvgIpc) is 2.67. The van der Waals surface area contributed by atoms with E-state index in [9.17, 15) is 0 Å². The number of rotatable bonds is 10. The van der Waals surface area contributed by atoms with E-state index in [-0.39, 0.29) is 0 Å². The Hall–Kier alpha value is -0.780. The van der Waals surface area contributed by atoms with E-state index in [1.807, 2.05) is 0 Å². The Bertz CT molecular complexity index is 641. The summed E-state index contributed by atoms with van der Waals surface area (Å²) in [6.07, 6.45) is 10.7. The van der Waals surface area contributed by atoms with Crippen LogP contribution in [0.15, 0.2) is 34.4 Å². The van der Waals surface area contributed by atoms with Crippen molar-refractivity contribution in [1.29, 1.82) is 0 Å². The van der Waals surface area contributed by atoms with Crippen LogP contribution in [0.1, 0.15) is 114 Å². The van der Waals surface area contributed by atoms with Crippen LogP contribution in [0.5, 0.6) is 0 Å². The van der Waals surface area contributed by atoms with Crippen LogP contribution in [0.2, 0.25) is 0 Å². The molecule has 0 nitrogen and oxygen atoms in total. The van der Waals surface area contributed by atoms with Crippen molar-refractivity contribution < 1.29 is 0 Å². The highest BCUT2D eigenvalue weighted by molar-refractivity contribution is 5.51. The van der Waals surface area contributed by atoms with Gasteiger partial charge in [0, 0.05) is 0 Å². The quantitative estimate of drug-likeness (QED) is 0.321. The van der Waals surface area contributed by atoms with E-state index < -0.39 is 0 Å². The van der Waals surface area contributed by atoms with Gasteiger partial charge in [0.1, 0.15) is 0 Å². The molecule has 0 heterocycles. The smallest absolute Gasteiger partial charge is 0.00846 e. The summed E-state index contributed by atoms with van der Waals surface area (Å²) in [5, 5.41) is 0. The normalized spacial score (nSPS) is 33.3. The lowest BCUT2D eigenvalue weighted by molar-refractivity contribution is 0.0403. The first-order valence-corrected chi connectivity index (χ1v) is 12.6. The van der Waals surface area contributed by atoms with Crippen molar-refractivity contribution in [2.45, 2.75) is 114 Å². The van der Waals surface area contributed by atoms with Gasteiger partial charge < -0.3 is 0 Å². The topological polar surface area (TPSA) is 0 Å². The molecular formula is C29H50. The molecule has 0 N–H and O–H groups in total. The maximum absolute atomic E-state index is 4.44. The third kappa shape index (κ3) is 4.94. The highest BCUT2D eigenvalue weighted by Gasteiger charge is 2.45. The standard InChI is InChI=1S/C29H50/c1-11-13-14-27(29(10)16-15-22(29)8)26(28(19(3)4)20(5)6)18-24-17-25(23(24)9)21(7)12-2/h21-25H,3,11-18H2,1-2,4-10H3. The Morgan fingerprint density at radius 1 is 1.14 bits per heavy atom. The fourth-order valence-electron chi connectivity index (χ4n) is 6.33. The van der Waals surface area contributed by atoms with Gasteiger partial charge in [-0.2, -0.15) is 0 Å². The summed E-state index contributed by atoms with van der Waals surface area (Å²) >= 11 is 0. The summed E-state index contributed by atoms with van der Waals surface area (Å²) in [4.78, 5) is 0. The molecule has 0 heteroatoms. The highest BCUT2D eigenvalue weighted by atomic mass is 14.5. The summed E-state index contributed by atoms with van der Waals surface area (Å²) < 4.78 is 0. The number of hydrogen-bond donors (Lipinski definition) is 0. The molecule has 6 atom stereocenters. The summed E-state index contributed by atoms with van der Waals surface area (Å²) in [5.74, 6) is 4.35. The molecule has 0 aromatic heterocycles. The van der Waals surface area contributed by atoms with Gasteiger partial charge in [-0.3, -0.25) is 0 Å². The minimum Gasteiger partial charge on any atom is -0.0955 e. The first-order chi connectivity index (χ1) is 13.6. The van der Waals surface area contributed by atoms with Crippen molar-refractivity contribution in [3.05, 3.63) is 34.4 Å². The molecule has 0 aromatic carbocycles. The Kier molecular flexibility index (Phi) is 8.46. The molecule has 0 amide bonds. The van der Waals surface area contributed by atoms with Crippen molar-refractivity contribution in [2.24, 2.45) is 35.0 Å². The van der Waals surface area contributed by atoms with Gasteiger partial charge in [-0.15, -0.1) is 0 Å². The Morgan fingerprint density at radius 3 is 2.17 bits per heavy atom. The van der Waals surface area contributed by atoms with Gasteiger partial charge in [0.05, 0.1) is 0 Å². The minimum atomic E-state index is 0.406. The molecule has 0 aliphatic heterocycles. The van der Waals surface area contributed by atoms with E-state index in [0.29, 0.717) is 5.41 Å². The number of hydrogen-bond acceptors (Lipinski definition) is 0. The first kappa shape index (κ1) is 24.5. The Morgan fingerprint density at radius 2 is 1.79 bits per heavy atom. The molecule has 0 bridgehead atoms. The lowest BCUT2D eigenvalue weighted by atomic mass is 9.54. The molecular weight excluding hydrogens is 348 g/mol. The second-order valence-electron chi connectivity index (χ2n) is 11.2. The maximum atomic E-state index is 4.44. The van der Waals surface area contributed by atoms with Gasteiger partial charge in [0.2, 0.25) is 0 Å². The lowest BCUT2D eigenvalue weighted by Crippen LogP contribution is -2.41. The van der Waals surface area contributed by atoms with Gasteiger partial charge in [-0.25, -0.2) is 0 Å². The van der Waals surface area contributed by atoms with Gasteiger partial charge >= 0.3 is 0 Å². The predicted molar refractivity (Wildman–Crippen MR) is 131 cm³/mol. The molecule has 166 valence electrons. The number of allylic oxidation sites excluding steroid dienone is 5. The summed E-state index contributed by atoms with van der Waals surface area (Å²) in [5.41, 5.74) is 8.16. The van der Waals surface area contributed by atoms with Crippen LogP contribution >= 0.6 is 0 Å². The van der Waals surface area contributed by atoms with E-state index in [1.54, 1.807) is 11.1 Å². The van der Waals surface area contributed by atoms with Crippen LogP contribution in [0, 0.1) is 35.0 Å². The maximum Gasteiger partial charge on any atom is -0.00846 e. The Balaban J connectivity index is 2.47. The van der Waals surface area contributed by atoms with Crippen molar-refractivity contribution in [3.63, 3.8) is 0 Å². The van der Waals surface area contributed by atoms with Gasteiger partial charge in [-0.05, 0) is 105 Å². The van der Waals surface area contributed by atoms with Gasteiger partial charge in [-0.1, -0.05) is 77.7 Å². The van der Waals surface area contributed by atoms with Gasteiger partial charge in [0.15, 0.2) is 0 Å². The van der Waals surface area contributed by atoms with Crippen molar-refractivity contribution in [2.75, 3.05) is 0 Å². The molecule has 0 spiro atoms.